The summed E-state index contributed by atoms with van der Waals surface area (Å²) in [6, 6.07) is 11.2. The molecular formula is C19H17ClN4O3S. The van der Waals surface area contributed by atoms with Gasteiger partial charge in [0.1, 0.15) is 0 Å². The van der Waals surface area contributed by atoms with Crippen LogP contribution in [0.1, 0.15) is 11.8 Å². The highest BCUT2D eigenvalue weighted by Gasteiger charge is 2.28. The smallest absolute Gasteiger partial charge is 0.247 e. The first-order chi connectivity index (χ1) is 13.6. The van der Waals surface area contributed by atoms with E-state index in [1.807, 2.05) is 30.5 Å². The first-order valence-electron chi connectivity index (χ1n) is 8.37. The zero-order valence-electron chi connectivity index (χ0n) is 15.4. The fourth-order valence-electron chi connectivity index (χ4n) is 2.95. The van der Waals surface area contributed by atoms with Crippen molar-refractivity contribution in [1.29, 1.82) is 0 Å². The lowest BCUT2D eigenvalue weighted by molar-refractivity contribution is 0.224. The zero-order chi connectivity index (χ0) is 19.7. The van der Waals surface area contributed by atoms with Crippen LogP contribution in [0.3, 0.4) is 0 Å². The average Bonchev–Trinajstić information content (AvgIpc) is 2.89. The van der Waals surface area contributed by atoms with Gasteiger partial charge in [-0.3, -0.25) is 0 Å². The number of aromatic nitrogens is 3. The van der Waals surface area contributed by atoms with Crippen LogP contribution < -0.4 is 19.5 Å². The van der Waals surface area contributed by atoms with Gasteiger partial charge in [-0.1, -0.05) is 41.6 Å². The molecule has 1 aliphatic heterocycles. The first-order valence-corrected chi connectivity index (χ1v) is 9.97. The normalized spacial score (nSPS) is 14.8. The Hall–Kier alpha value is -2.71. The van der Waals surface area contributed by atoms with E-state index in [1.54, 1.807) is 26.4 Å². The van der Waals surface area contributed by atoms with Gasteiger partial charge in [0.15, 0.2) is 23.4 Å². The second kappa shape index (κ2) is 7.73. The van der Waals surface area contributed by atoms with Crippen LogP contribution in [-0.2, 0) is 0 Å². The molecule has 2 heterocycles. The summed E-state index contributed by atoms with van der Waals surface area (Å²) in [6.45, 7) is 0. The third-order valence-corrected chi connectivity index (χ3v) is 5.17. The second-order valence-corrected chi connectivity index (χ2v) is 7.05. The Morgan fingerprint density at radius 2 is 1.86 bits per heavy atom. The summed E-state index contributed by atoms with van der Waals surface area (Å²) in [5, 5.41) is 12.8. The molecule has 1 atom stereocenters. The van der Waals surface area contributed by atoms with Gasteiger partial charge >= 0.3 is 0 Å². The third kappa shape index (κ3) is 3.29. The number of fused-ring (bicyclic) bond motifs is 3. The number of halogens is 1. The van der Waals surface area contributed by atoms with Gasteiger partial charge in [0.25, 0.3) is 0 Å². The number of methoxy groups -OCH3 is 2. The number of rotatable bonds is 4. The van der Waals surface area contributed by atoms with Crippen LogP contribution in [0.2, 0.25) is 5.02 Å². The quantitative estimate of drug-likeness (QED) is 0.625. The van der Waals surface area contributed by atoms with Crippen LogP contribution in [0, 0.1) is 0 Å². The van der Waals surface area contributed by atoms with Crippen LogP contribution in [0.4, 0.5) is 5.69 Å². The van der Waals surface area contributed by atoms with E-state index in [1.165, 1.54) is 11.8 Å². The van der Waals surface area contributed by atoms with E-state index in [0.717, 1.165) is 11.3 Å². The number of nitrogens with one attached hydrogen (secondary N) is 1. The Labute approximate surface area is 171 Å². The van der Waals surface area contributed by atoms with E-state index in [4.69, 9.17) is 25.8 Å². The lowest BCUT2D eigenvalue weighted by atomic mass is 10.1. The number of ether oxygens (including phenoxy) is 3. The summed E-state index contributed by atoms with van der Waals surface area (Å²) in [6.07, 6.45) is 1.27. The summed E-state index contributed by atoms with van der Waals surface area (Å²) in [5.41, 5.74) is 2.95. The molecule has 1 aromatic heterocycles. The number of benzene rings is 2. The molecule has 144 valence electrons. The number of thioether (sulfide) groups is 1. The predicted molar refractivity (Wildman–Crippen MR) is 109 cm³/mol. The maximum Gasteiger partial charge on any atom is 0.247 e. The van der Waals surface area contributed by atoms with Crippen LogP contribution >= 0.6 is 23.4 Å². The average molecular weight is 417 g/mol. The van der Waals surface area contributed by atoms with Crippen molar-refractivity contribution in [2.75, 3.05) is 25.8 Å². The third-order valence-electron chi connectivity index (χ3n) is 4.30. The van der Waals surface area contributed by atoms with Gasteiger partial charge in [0.05, 0.1) is 19.2 Å². The Kier molecular flexibility index (Phi) is 5.15. The molecule has 0 bridgehead atoms. The van der Waals surface area contributed by atoms with Gasteiger partial charge in [0, 0.05) is 22.9 Å². The van der Waals surface area contributed by atoms with E-state index in [0.29, 0.717) is 38.8 Å². The van der Waals surface area contributed by atoms with Crippen LogP contribution in [0.15, 0.2) is 41.6 Å². The number of anilines is 1. The lowest BCUT2D eigenvalue weighted by Gasteiger charge is -2.21. The van der Waals surface area contributed by atoms with E-state index in [9.17, 15) is 0 Å². The molecule has 0 saturated carbocycles. The summed E-state index contributed by atoms with van der Waals surface area (Å²) in [4.78, 5) is 4.50. The van der Waals surface area contributed by atoms with Crippen molar-refractivity contribution in [2.45, 2.75) is 11.4 Å². The molecule has 4 rings (SSSR count). The van der Waals surface area contributed by atoms with Gasteiger partial charge in [-0.2, -0.15) is 4.98 Å². The summed E-state index contributed by atoms with van der Waals surface area (Å²) in [7, 11) is 3.14. The number of hydrogen-bond donors (Lipinski definition) is 1. The van der Waals surface area contributed by atoms with Crippen LogP contribution in [-0.4, -0.2) is 35.7 Å². The molecule has 0 spiro atoms. The molecular weight excluding hydrogens is 400 g/mol. The van der Waals surface area contributed by atoms with Gasteiger partial charge in [-0.25, -0.2) is 0 Å². The highest BCUT2D eigenvalue weighted by atomic mass is 35.5. The molecule has 3 aromatic rings. The van der Waals surface area contributed by atoms with E-state index in [2.05, 4.69) is 20.5 Å². The van der Waals surface area contributed by atoms with Gasteiger partial charge in [-0.05, 0) is 18.4 Å². The highest BCUT2D eigenvalue weighted by molar-refractivity contribution is 7.98. The summed E-state index contributed by atoms with van der Waals surface area (Å²) >= 11 is 7.92. The van der Waals surface area contributed by atoms with E-state index in [-0.39, 0.29) is 0 Å². The number of hydrogen-bond acceptors (Lipinski definition) is 8. The Bertz CT molecular complexity index is 1030. The molecule has 0 saturated heterocycles. The Morgan fingerprint density at radius 1 is 1.11 bits per heavy atom. The van der Waals surface area contributed by atoms with Gasteiger partial charge < -0.3 is 19.5 Å². The van der Waals surface area contributed by atoms with Crippen molar-refractivity contribution < 1.29 is 14.2 Å². The SMILES string of the molecule is COc1cc(Cl)c(C2Nc3ccccc3-c3nnc(SC)nc3O2)cc1OC. The summed E-state index contributed by atoms with van der Waals surface area (Å²) in [5.74, 6) is 1.47. The molecule has 2 aromatic carbocycles. The fourth-order valence-corrected chi connectivity index (χ4v) is 3.49. The van der Waals surface area contributed by atoms with Crippen molar-refractivity contribution in [3.8, 4) is 28.6 Å². The van der Waals surface area contributed by atoms with Crippen LogP contribution in [0.5, 0.6) is 17.4 Å². The maximum atomic E-state index is 6.53. The van der Waals surface area contributed by atoms with Crippen molar-refractivity contribution in [3.05, 3.63) is 47.0 Å². The van der Waals surface area contributed by atoms with E-state index < -0.39 is 6.23 Å². The number of para-hydroxylation sites is 1. The Balaban J connectivity index is 1.86. The number of nitrogens with zero attached hydrogens (tertiary/aromatic N) is 3. The predicted octanol–water partition coefficient (Wildman–Crippen LogP) is 4.43. The molecule has 0 fully saturated rings. The van der Waals surface area contributed by atoms with Gasteiger partial charge in [0.2, 0.25) is 11.0 Å². The van der Waals surface area contributed by atoms with Crippen molar-refractivity contribution in [2.24, 2.45) is 0 Å². The maximum absolute atomic E-state index is 6.53. The monoisotopic (exact) mass is 416 g/mol. The minimum atomic E-state index is -0.610. The van der Waals surface area contributed by atoms with E-state index >= 15 is 0 Å². The van der Waals surface area contributed by atoms with Crippen molar-refractivity contribution in [3.63, 3.8) is 0 Å². The first kappa shape index (κ1) is 18.6. The van der Waals surface area contributed by atoms with Crippen molar-refractivity contribution >= 4 is 29.1 Å². The largest absolute Gasteiger partial charge is 0.493 e. The standard InChI is InChI=1S/C19H17ClN4O3S/c1-25-14-8-11(12(20)9-15(14)26-2)17-21-13-7-5-4-6-10(13)16-18(27-17)22-19(28-3)24-23-16/h4-9,17,21H,1-3H3. The molecule has 0 amide bonds. The highest BCUT2D eigenvalue weighted by Crippen LogP contribution is 2.42. The molecule has 1 aliphatic rings. The van der Waals surface area contributed by atoms with Crippen LogP contribution in [0.25, 0.3) is 11.3 Å². The minimum Gasteiger partial charge on any atom is -0.493 e. The second-order valence-electron chi connectivity index (χ2n) is 5.87. The molecule has 0 radical (unpaired) electrons. The summed E-state index contributed by atoms with van der Waals surface area (Å²) < 4.78 is 16.9. The molecule has 28 heavy (non-hydrogen) atoms. The molecule has 1 N–H and O–H groups in total. The molecule has 7 nitrogen and oxygen atoms in total. The molecule has 9 heteroatoms. The zero-order valence-corrected chi connectivity index (χ0v) is 17.0. The minimum absolute atomic E-state index is 0.382. The van der Waals surface area contributed by atoms with Crippen molar-refractivity contribution in [1.82, 2.24) is 15.2 Å². The fraction of sp³-hybridized carbons (Fsp3) is 0.211. The topological polar surface area (TPSA) is 78.4 Å². The lowest BCUT2D eigenvalue weighted by Crippen LogP contribution is -2.18. The molecule has 1 unspecified atom stereocenters. The van der Waals surface area contributed by atoms with Gasteiger partial charge in [-0.15, -0.1) is 10.2 Å². The Morgan fingerprint density at radius 3 is 2.61 bits per heavy atom. The molecule has 0 aliphatic carbocycles.